The van der Waals surface area contributed by atoms with Crippen molar-refractivity contribution in [2.75, 3.05) is 4.90 Å². The Morgan fingerprint density at radius 2 is 0.983 bits per heavy atom. The van der Waals surface area contributed by atoms with E-state index in [9.17, 15) is 0 Å². The van der Waals surface area contributed by atoms with Crippen molar-refractivity contribution >= 4 is 60.5 Å². The van der Waals surface area contributed by atoms with E-state index in [2.05, 4.69) is 229 Å². The third-order valence-electron chi connectivity index (χ3n) is 12.5. The molecule has 1 aromatic heterocycles. The van der Waals surface area contributed by atoms with E-state index >= 15 is 0 Å². The van der Waals surface area contributed by atoms with Crippen molar-refractivity contribution < 1.29 is 4.42 Å². The number of rotatable bonds is 6. The van der Waals surface area contributed by atoms with Crippen LogP contribution in [0.1, 0.15) is 22.3 Å². The second kappa shape index (κ2) is 13.2. The number of hydrogen-bond donors (Lipinski definition) is 0. The van der Waals surface area contributed by atoms with E-state index < -0.39 is 5.41 Å². The third kappa shape index (κ3) is 5.00. The first-order valence-electron chi connectivity index (χ1n) is 20.3. The van der Waals surface area contributed by atoms with Gasteiger partial charge in [0.05, 0.1) is 11.1 Å². The van der Waals surface area contributed by atoms with Crippen molar-refractivity contribution in [2.45, 2.75) is 5.41 Å². The summed E-state index contributed by atoms with van der Waals surface area (Å²) in [5, 5.41) is 6.98. The molecular formula is C57H37NO. The number of anilines is 3. The van der Waals surface area contributed by atoms with Crippen molar-refractivity contribution in [2.24, 2.45) is 0 Å². The number of nitrogens with zero attached hydrogens (tertiary/aromatic N) is 1. The van der Waals surface area contributed by atoms with E-state index in [1.807, 2.05) is 0 Å². The molecule has 1 aliphatic carbocycles. The number of fused-ring (bicyclic) bond motifs is 8. The summed E-state index contributed by atoms with van der Waals surface area (Å²) in [4.78, 5) is 2.38. The van der Waals surface area contributed by atoms with Crippen molar-refractivity contribution in [1.29, 1.82) is 0 Å². The molecule has 0 spiro atoms. The van der Waals surface area contributed by atoms with Gasteiger partial charge in [0.2, 0.25) is 0 Å². The third-order valence-corrected chi connectivity index (χ3v) is 12.5. The van der Waals surface area contributed by atoms with Gasteiger partial charge in [0.25, 0.3) is 0 Å². The lowest BCUT2D eigenvalue weighted by molar-refractivity contribution is 0.670. The largest absolute Gasteiger partial charge is 0.453 e. The summed E-state index contributed by atoms with van der Waals surface area (Å²) in [6.45, 7) is 0. The number of furan rings is 1. The van der Waals surface area contributed by atoms with Gasteiger partial charge in [-0.3, -0.25) is 0 Å². The second-order valence-corrected chi connectivity index (χ2v) is 15.6. The molecule has 2 heteroatoms. The fourth-order valence-corrected chi connectivity index (χ4v) is 9.96. The van der Waals surface area contributed by atoms with E-state index in [4.69, 9.17) is 4.42 Å². The van der Waals surface area contributed by atoms with Gasteiger partial charge in [0.15, 0.2) is 5.58 Å². The Kier molecular flexibility index (Phi) is 7.48. The van der Waals surface area contributed by atoms with E-state index in [-0.39, 0.29) is 0 Å². The monoisotopic (exact) mass is 751 g/mol. The Labute approximate surface area is 342 Å². The van der Waals surface area contributed by atoms with Gasteiger partial charge in [-0.2, -0.15) is 0 Å². The predicted molar refractivity (Wildman–Crippen MR) is 246 cm³/mol. The molecule has 0 atom stereocenters. The van der Waals surface area contributed by atoms with Gasteiger partial charge in [-0.1, -0.05) is 182 Å². The van der Waals surface area contributed by atoms with Crippen molar-refractivity contribution in [3.63, 3.8) is 0 Å². The first-order valence-corrected chi connectivity index (χ1v) is 20.3. The van der Waals surface area contributed by atoms with Crippen LogP contribution < -0.4 is 4.90 Å². The molecule has 0 unspecified atom stereocenters. The van der Waals surface area contributed by atoms with Gasteiger partial charge in [-0.25, -0.2) is 0 Å². The van der Waals surface area contributed by atoms with Crippen molar-refractivity contribution in [3.8, 4) is 22.3 Å². The lowest BCUT2D eigenvalue weighted by atomic mass is 9.67. The Bertz CT molecular complexity index is 3340. The van der Waals surface area contributed by atoms with Crippen LogP contribution in [0.15, 0.2) is 229 Å². The zero-order valence-corrected chi connectivity index (χ0v) is 32.2. The summed E-state index contributed by atoms with van der Waals surface area (Å²) in [7, 11) is 0. The van der Waals surface area contributed by atoms with E-state index in [1.165, 1.54) is 54.9 Å². The maximum absolute atomic E-state index is 7.29. The minimum absolute atomic E-state index is 0.521. The summed E-state index contributed by atoms with van der Waals surface area (Å²) in [6.07, 6.45) is 0. The Hall–Kier alpha value is -7.68. The maximum Gasteiger partial charge on any atom is 0.159 e. The van der Waals surface area contributed by atoms with Crippen LogP contribution in [0, 0.1) is 0 Å². The van der Waals surface area contributed by atoms with Crippen LogP contribution in [0.2, 0.25) is 0 Å². The molecule has 0 amide bonds. The van der Waals surface area contributed by atoms with Crippen molar-refractivity contribution in [3.05, 3.63) is 247 Å². The van der Waals surface area contributed by atoms with Gasteiger partial charge in [-0.05, 0) is 103 Å². The smallest absolute Gasteiger partial charge is 0.159 e. The van der Waals surface area contributed by atoms with E-state index in [0.29, 0.717) is 0 Å². The molecule has 12 rings (SSSR count). The molecule has 1 heterocycles. The van der Waals surface area contributed by atoms with Gasteiger partial charge in [-0.15, -0.1) is 0 Å². The Balaban J connectivity index is 1.14. The molecule has 2 nitrogen and oxygen atoms in total. The standard InChI is InChI=1S/C57H37NO/c1-4-20-42(21-5-1)57(43-22-6-2-7-23-43)51-29-15-14-27-47(51)48-34-33-45(37-52(48)57)58(44-24-8-3-9-25-44)53-30-16-28-49-50-36-40-19-12-13-26-46(40)54(56(50)59-55(49)53)41-32-31-38-17-10-11-18-39(38)35-41/h1-37H. The molecular weight excluding hydrogens is 715 g/mol. The van der Waals surface area contributed by atoms with Gasteiger partial charge < -0.3 is 9.32 Å². The SMILES string of the molecule is c1ccc(N(c2ccc3c(c2)C(c2ccccc2)(c2ccccc2)c2ccccc2-3)c2cccc3c2oc2c(-c4ccc5ccccc5c4)c4ccccc4cc23)cc1. The topological polar surface area (TPSA) is 16.4 Å². The van der Waals surface area contributed by atoms with Crippen LogP contribution in [0.4, 0.5) is 17.1 Å². The number of hydrogen-bond acceptors (Lipinski definition) is 2. The summed E-state index contributed by atoms with van der Waals surface area (Å²) >= 11 is 0. The minimum Gasteiger partial charge on any atom is -0.453 e. The highest BCUT2D eigenvalue weighted by atomic mass is 16.3. The molecule has 59 heavy (non-hydrogen) atoms. The number of para-hydroxylation sites is 2. The fraction of sp³-hybridized carbons (Fsp3) is 0.0175. The zero-order chi connectivity index (χ0) is 38.9. The first kappa shape index (κ1) is 33.5. The first-order chi connectivity index (χ1) is 29.3. The highest BCUT2D eigenvalue weighted by Gasteiger charge is 2.46. The molecule has 10 aromatic carbocycles. The fourth-order valence-electron chi connectivity index (χ4n) is 9.96. The zero-order valence-electron chi connectivity index (χ0n) is 32.2. The number of benzene rings is 10. The summed E-state index contributed by atoms with van der Waals surface area (Å²) < 4.78 is 7.29. The van der Waals surface area contributed by atoms with Crippen LogP contribution in [-0.4, -0.2) is 0 Å². The Morgan fingerprint density at radius 3 is 1.76 bits per heavy atom. The van der Waals surface area contributed by atoms with Crippen LogP contribution in [0.25, 0.3) is 65.7 Å². The molecule has 11 aromatic rings. The molecule has 0 N–H and O–H groups in total. The average molecular weight is 752 g/mol. The van der Waals surface area contributed by atoms with E-state index in [0.717, 1.165) is 50.1 Å². The molecule has 0 aliphatic heterocycles. The summed E-state index contributed by atoms with van der Waals surface area (Å²) in [6, 6.07) is 81.6. The quantitative estimate of drug-likeness (QED) is 0.168. The van der Waals surface area contributed by atoms with Gasteiger partial charge >= 0.3 is 0 Å². The van der Waals surface area contributed by atoms with Gasteiger partial charge in [0.1, 0.15) is 5.58 Å². The summed E-state index contributed by atoms with van der Waals surface area (Å²) in [5.41, 5.74) is 14.1. The highest BCUT2D eigenvalue weighted by molar-refractivity contribution is 6.20. The minimum atomic E-state index is -0.521. The van der Waals surface area contributed by atoms with Crippen LogP contribution in [-0.2, 0) is 5.41 Å². The predicted octanol–water partition coefficient (Wildman–Crippen LogP) is 15.4. The van der Waals surface area contributed by atoms with E-state index in [1.54, 1.807) is 0 Å². The lowest BCUT2D eigenvalue weighted by Crippen LogP contribution is -2.28. The van der Waals surface area contributed by atoms with Crippen LogP contribution in [0.3, 0.4) is 0 Å². The highest BCUT2D eigenvalue weighted by Crippen LogP contribution is 2.57. The Morgan fingerprint density at radius 1 is 0.356 bits per heavy atom. The molecule has 1 aliphatic rings. The molecule has 0 saturated heterocycles. The molecule has 0 fully saturated rings. The maximum atomic E-state index is 7.29. The summed E-state index contributed by atoms with van der Waals surface area (Å²) in [5.74, 6) is 0. The van der Waals surface area contributed by atoms with Crippen LogP contribution in [0.5, 0.6) is 0 Å². The molecule has 0 radical (unpaired) electrons. The molecule has 0 bridgehead atoms. The lowest BCUT2D eigenvalue weighted by Gasteiger charge is -2.34. The molecule has 276 valence electrons. The second-order valence-electron chi connectivity index (χ2n) is 15.6. The average Bonchev–Trinajstić information content (AvgIpc) is 3.83. The normalized spacial score (nSPS) is 12.9. The molecule has 0 saturated carbocycles. The van der Waals surface area contributed by atoms with Gasteiger partial charge in [0, 0.05) is 27.7 Å². The van der Waals surface area contributed by atoms with Crippen molar-refractivity contribution in [1.82, 2.24) is 0 Å². The van der Waals surface area contributed by atoms with Crippen LogP contribution >= 0.6 is 0 Å².